The molecule has 0 aliphatic heterocycles. The van der Waals surface area contributed by atoms with Crippen molar-refractivity contribution in [3.8, 4) is 5.75 Å². The molecule has 0 fully saturated rings. The van der Waals surface area contributed by atoms with E-state index in [1.165, 1.54) is 0 Å². The zero-order valence-electron chi connectivity index (χ0n) is 11.4. The Morgan fingerprint density at radius 1 is 1.47 bits per heavy atom. The summed E-state index contributed by atoms with van der Waals surface area (Å²) in [5.74, 6) is 1.15. The van der Waals surface area contributed by atoms with E-state index in [0.29, 0.717) is 6.61 Å². The molecule has 0 aliphatic rings. The molecule has 5 heteroatoms. The maximum Gasteiger partial charge on any atom is 0.404 e. The van der Waals surface area contributed by atoms with Gasteiger partial charge in [0.15, 0.2) is 0 Å². The van der Waals surface area contributed by atoms with Gasteiger partial charge in [-0.2, -0.15) is 0 Å². The number of benzene rings is 1. The Bertz CT molecular complexity index is 437. The Morgan fingerprint density at radius 2 is 2.16 bits per heavy atom. The van der Waals surface area contributed by atoms with E-state index in [4.69, 9.17) is 9.84 Å². The number of amides is 1. The summed E-state index contributed by atoms with van der Waals surface area (Å²) in [5.41, 5.74) is 1.08. The molecular weight excluding hydrogens is 310 g/mol. The highest BCUT2D eigenvalue weighted by molar-refractivity contribution is 9.10. The van der Waals surface area contributed by atoms with Crippen LogP contribution in [-0.2, 0) is 0 Å². The van der Waals surface area contributed by atoms with Crippen LogP contribution in [0.4, 0.5) is 4.79 Å². The number of rotatable bonds is 6. The Balaban J connectivity index is 2.41. The highest BCUT2D eigenvalue weighted by Gasteiger charge is 2.12. The highest BCUT2D eigenvalue weighted by atomic mass is 79.9. The van der Waals surface area contributed by atoms with Gasteiger partial charge in [0.1, 0.15) is 5.75 Å². The minimum Gasteiger partial charge on any atom is -0.493 e. The molecule has 0 heterocycles. The molecule has 4 nitrogen and oxygen atoms in total. The van der Waals surface area contributed by atoms with Gasteiger partial charge >= 0.3 is 6.09 Å². The van der Waals surface area contributed by atoms with Crippen molar-refractivity contribution in [3.05, 3.63) is 28.2 Å². The van der Waals surface area contributed by atoms with Crippen LogP contribution in [-0.4, -0.2) is 23.8 Å². The maximum atomic E-state index is 10.5. The molecule has 0 saturated heterocycles. The molecule has 0 aliphatic carbocycles. The fourth-order valence-electron chi connectivity index (χ4n) is 1.95. The third-order valence-corrected chi connectivity index (χ3v) is 3.28. The Morgan fingerprint density at radius 3 is 2.74 bits per heavy atom. The number of nitrogens with one attached hydrogen (secondary N) is 1. The molecule has 1 amide bonds. The zero-order chi connectivity index (χ0) is 14.4. The second kappa shape index (κ2) is 7.38. The largest absolute Gasteiger partial charge is 0.493 e. The fourth-order valence-corrected chi connectivity index (χ4v) is 2.42. The fraction of sp³-hybridized carbons (Fsp3) is 0.500. The number of carboxylic acid groups (broad SMARTS) is 1. The smallest absolute Gasteiger partial charge is 0.404 e. The number of aryl methyl sites for hydroxylation is 1. The van der Waals surface area contributed by atoms with Gasteiger partial charge in [-0.05, 0) is 49.9 Å². The van der Waals surface area contributed by atoms with Gasteiger partial charge in [-0.1, -0.05) is 22.9 Å². The van der Waals surface area contributed by atoms with Crippen LogP contribution in [0, 0.1) is 12.8 Å². The van der Waals surface area contributed by atoms with Crippen LogP contribution < -0.4 is 10.1 Å². The van der Waals surface area contributed by atoms with Crippen molar-refractivity contribution in [1.29, 1.82) is 0 Å². The van der Waals surface area contributed by atoms with Crippen LogP contribution in [0.25, 0.3) is 0 Å². The van der Waals surface area contributed by atoms with E-state index in [2.05, 4.69) is 21.2 Å². The monoisotopic (exact) mass is 329 g/mol. The van der Waals surface area contributed by atoms with Gasteiger partial charge in [-0.25, -0.2) is 4.79 Å². The van der Waals surface area contributed by atoms with E-state index >= 15 is 0 Å². The van der Waals surface area contributed by atoms with Crippen molar-refractivity contribution in [2.45, 2.75) is 33.2 Å². The summed E-state index contributed by atoms with van der Waals surface area (Å²) >= 11 is 3.41. The molecule has 2 unspecified atom stereocenters. The lowest BCUT2D eigenvalue weighted by atomic mass is 10.0. The lowest BCUT2D eigenvalue weighted by Crippen LogP contribution is -2.33. The Hall–Kier alpha value is -1.23. The summed E-state index contributed by atoms with van der Waals surface area (Å²) < 4.78 is 6.80. The summed E-state index contributed by atoms with van der Waals surface area (Å²) in [4.78, 5) is 10.5. The quantitative estimate of drug-likeness (QED) is 0.834. The first-order valence-corrected chi connectivity index (χ1v) is 7.06. The molecule has 19 heavy (non-hydrogen) atoms. The van der Waals surface area contributed by atoms with E-state index in [0.717, 1.165) is 22.2 Å². The van der Waals surface area contributed by atoms with Gasteiger partial charge in [0, 0.05) is 10.5 Å². The molecule has 1 aromatic carbocycles. The average molecular weight is 330 g/mol. The van der Waals surface area contributed by atoms with Gasteiger partial charge in [0.2, 0.25) is 0 Å². The number of hydrogen-bond acceptors (Lipinski definition) is 2. The molecule has 1 rings (SSSR count). The first-order valence-electron chi connectivity index (χ1n) is 6.27. The molecule has 2 atom stereocenters. The van der Waals surface area contributed by atoms with Crippen molar-refractivity contribution < 1.29 is 14.6 Å². The van der Waals surface area contributed by atoms with Crippen molar-refractivity contribution in [1.82, 2.24) is 5.32 Å². The van der Waals surface area contributed by atoms with Crippen molar-refractivity contribution >= 4 is 22.0 Å². The first-order chi connectivity index (χ1) is 8.88. The standard InChI is InChI=1S/C14H20BrNO3/c1-9(6-11(3)16-14(17)18)8-19-13-5-4-12(15)7-10(13)2/h4-5,7,9,11,16H,6,8H2,1-3H3,(H,17,18). The summed E-state index contributed by atoms with van der Waals surface area (Å²) in [6.45, 7) is 6.48. The summed E-state index contributed by atoms with van der Waals surface area (Å²) in [6.07, 6.45) is -0.230. The number of ether oxygens (including phenoxy) is 1. The molecular formula is C14H20BrNO3. The summed E-state index contributed by atoms with van der Waals surface area (Å²) in [6, 6.07) is 5.82. The van der Waals surface area contributed by atoms with E-state index in [-0.39, 0.29) is 12.0 Å². The van der Waals surface area contributed by atoms with Gasteiger partial charge in [-0.15, -0.1) is 0 Å². The third-order valence-electron chi connectivity index (χ3n) is 2.79. The second-order valence-corrected chi connectivity index (χ2v) is 5.83. The minimum absolute atomic E-state index is 0.0675. The minimum atomic E-state index is -0.982. The molecule has 1 aromatic rings. The summed E-state index contributed by atoms with van der Waals surface area (Å²) in [5, 5.41) is 11.1. The van der Waals surface area contributed by atoms with E-state index < -0.39 is 6.09 Å². The van der Waals surface area contributed by atoms with Crippen LogP contribution in [0.15, 0.2) is 22.7 Å². The maximum absolute atomic E-state index is 10.5. The third kappa shape index (κ3) is 5.96. The van der Waals surface area contributed by atoms with Gasteiger partial charge in [0.05, 0.1) is 6.61 Å². The predicted octanol–water partition coefficient (Wildman–Crippen LogP) is 3.82. The lowest BCUT2D eigenvalue weighted by Gasteiger charge is -2.18. The Labute approximate surface area is 122 Å². The number of carbonyl (C=O) groups is 1. The van der Waals surface area contributed by atoms with Crippen molar-refractivity contribution in [2.24, 2.45) is 5.92 Å². The van der Waals surface area contributed by atoms with Crippen LogP contribution in [0.5, 0.6) is 5.75 Å². The van der Waals surface area contributed by atoms with Crippen LogP contribution in [0.2, 0.25) is 0 Å². The van der Waals surface area contributed by atoms with Gasteiger partial charge in [0.25, 0.3) is 0 Å². The van der Waals surface area contributed by atoms with Crippen molar-refractivity contribution in [3.63, 3.8) is 0 Å². The molecule has 0 bridgehead atoms. The molecule has 106 valence electrons. The van der Waals surface area contributed by atoms with E-state index in [1.807, 2.05) is 39.0 Å². The molecule has 2 N–H and O–H groups in total. The van der Waals surface area contributed by atoms with E-state index in [1.54, 1.807) is 0 Å². The number of halogens is 1. The van der Waals surface area contributed by atoms with Crippen LogP contribution in [0.3, 0.4) is 0 Å². The molecule has 0 aromatic heterocycles. The van der Waals surface area contributed by atoms with Gasteiger partial charge < -0.3 is 15.2 Å². The molecule has 0 spiro atoms. The summed E-state index contributed by atoms with van der Waals surface area (Å²) in [7, 11) is 0. The molecule has 0 radical (unpaired) electrons. The first kappa shape index (κ1) is 15.8. The van der Waals surface area contributed by atoms with E-state index in [9.17, 15) is 4.79 Å². The molecule has 0 saturated carbocycles. The number of hydrogen-bond donors (Lipinski definition) is 2. The normalized spacial score (nSPS) is 13.7. The van der Waals surface area contributed by atoms with Crippen LogP contribution in [0.1, 0.15) is 25.8 Å². The van der Waals surface area contributed by atoms with Crippen molar-refractivity contribution in [2.75, 3.05) is 6.61 Å². The average Bonchev–Trinajstić information content (AvgIpc) is 2.26. The zero-order valence-corrected chi connectivity index (χ0v) is 13.0. The SMILES string of the molecule is Cc1cc(Br)ccc1OCC(C)CC(C)NC(=O)O. The second-order valence-electron chi connectivity index (χ2n) is 4.91. The van der Waals surface area contributed by atoms with Crippen LogP contribution >= 0.6 is 15.9 Å². The Kier molecular flexibility index (Phi) is 6.15. The highest BCUT2D eigenvalue weighted by Crippen LogP contribution is 2.23. The lowest BCUT2D eigenvalue weighted by molar-refractivity contribution is 0.185. The predicted molar refractivity (Wildman–Crippen MR) is 78.8 cm³/mol. The van der Waals surface area contributed by atoms with Gasteiger partial charge in [-0.3, -0.25) is 0 Å². The topological polar surface area (TPSA) is 58.6 Å².